The molecule has 0 aromatic heterocycles. The average Bonchev–Trinajstić information content (AvgIpc) is 3.13. The molecule has 0 saturated heterocycles. The zero-order valence-corrected chi connectivity index (χ0v) is 37.9. The molecule has 0 heterocycles. The van der Waals surface area contributed by atoms with Gasteiger partial charge in [0.2, 0.25) is 0 Å². The third-order valence-corrected chi connectivity index (χ3v) is 9.02. The number of aliphatic hydroxyl groups excluding tert-OH is 1. The van der Waals surface area contributed by atoms with E-state index in [1.54, 1.807) is 0 Å². The Morgan fingerprint density at radius 1 is 0.559 bits per heavy atom. The predicted octanol–water partition coefficient (Wildman–Crippen LogP) is 7.58. The predicted molar refractivity (Wildman–Crippen MR) is 234 cm³/mol. The highest BCUT2D eigenvalue weighted by atomic mass is 16.6. The third-order valence-electron chi connectivity index (χ3n) is 9.02. The maximum atomic E-state index is 12.7. The number of benzene rings is 3. The van der Waals surface area contributed by atoms with Crippen LogP contribution in [0.25, 0.3) is 0 Å². The number of hydrogen-bond acceptors (Lipinski definition) is 10. The summed E-state index contributed by atoms with van der Waals surface area (Å²) in [5.74, 6) is -1.25. The minimum atomic E-state index is -0.787. The summed E-state index contributed by atoms with van der Waals surface area (Å²) in [6.45, 7) is 20.8. The van der Waals surface area contributed by atoms with Gasteiger partial charge in [0.25, 0.3) is 0 Å². The molecule has 3 aromatic rings. The molecule has 0 bridgehead atoms. The Balaban J connectivity index is 0.000000583. The van der Waals surface area contributed by atoms with Crippen LogP contribution in [0.2, 0.25) is 0 Å². The number of nitrogens with zero attached hydrogens (tertiary/aromatic N) is 2. The van der Waals surface area contributed by atoms with Crippen LogP contribution in [0, 0.1) is 11.8 Å². The van der Waals surface area contributed by atoms with Crippen molar-refractivity contribution >= 4 is 23.9 Å². The largest absolute Gasteiger partial charge is 0.480 e. The Morgan fingerprint density at radius 3 is 1.25 bits per heavy atom. The van der Waals surface area contributed by atoms with Crippen LogP contribution in [0.1, 0.15) is 97.1 Å². The molecule has 11 heteroatoms. The van der Waals surface area contributed by atoms with Crippen molar-refractivity contribution in [3.63, 3.8) is 0 Å². The first-order valence-electron chi connectivity index (χ1n) is 20.4. The van der Waals surface area contributed by atoms with Gasteiger partial charge in [-0.15, -0.1) is 0 Å². The normalized spacial score (nSPS) is 12.5. The Labute approximate surface area is 354 Å². The van der Waals surface area contributed by atoms with E-state index in [1.807, 2.05) is 167 Å². The van der Waals surface area contributed by atoms with Crippen LogP contribution in [0.15, 0.2) is 78.9 Å². The monoisotopic (exact) mass is 821 g/mol. The van der Waals surface area contributed by atoms with Gasteiger partial charge in [-0.05, 0) is 108 Å². The molecular weight excluding hydrogens is 749 g/mol. The van der Waals surface area contributed by atoms with E-state index in [4.69, 9.17) is 19.3 Å². The van der Waals surface area contributed by atoms with Crippen molar-refractivity contribution in [2.75, 3.05) is 34.3 Å². The number of likely N-dealkylation sites (N-methyl/N-ethyl adjacent to an activating group) is 2. The van der Waals surface area contributed by atoms with E-state index in [0.717, 1.165) is 54.3 Å². The van der Waals surface area contributed by atoms with Crippen molar-refractivity contribution in [2.24, 2.45) is 11.8 Å². The van der Waals surface area contributed by atoms with E-state index in [-0.39, 0.29) is 55.2 Å². The van der Waals surface area contributed by atoms with E-state index in [1.165, 1.54) is 0 Å². The lowest BCUT2D eigenvalue weighted by molar-refractivity contribution is -0.155. The van der Waals surface area contributed by atoms with Gasteiger partial charge < -0.3 is 24.4 Å². The van der Waals surface area contributed by atoms with Crippen LogP contribution in [-0.2, 0) is 65.7 Å². The van der Waals surface area contributed by atoms with Crippen LogP contribution in [0.5, 0.6) is 0 Å². The first-order valence-corrected chi connectivity index (χ1v) is 20.4. The quantitative estimate of drug-likeness (QED) is 0.0969. The highest BCUT2D eigenvalue weighted by molar-refractivity contribution is 5.76. The lowest BCUT2D eigenvalue weighted by Crippen LogP contribution is -2.44. The number of carbonyl (C=O) groups is 4. The maximum Gasteiger partial charge on any atom is 0.323 e. The molecule has 3 aromatic carbocycles. The number of esters is 3. The number of carboxylic acid groups (broad SMARTS) is 1. The van der Waals surface area contributed by atoms with Gasteiger partial charge >= 0.3 is 23.9 Å². The summed E-state index contributed by atoms with van der Waals surface area (Å²) < 4.78 is 16.3. The van der Waals surface area contributed by atoms with Crippen molar-refractivity contribution in [1.82, 2.24) is 9.80 Å². The van der Waals surface area contributed by atoms with Gasteiger partial charge in [-0.2, -0.15) is 0 Å². The van der Waals surface area contributed by atoms with Crippen LogP contribution < -0.4 is 0 Å². The van der Waals surface area contributed by atoms with Gasteiger partial charge in [0.15, 0.2) is 0 Å². The summed E-state index contributed by atoms with van der Waals surface area (Å²) in [5.41, 5.74) is 4.16. The SMILES string of the molecule is CC(C)[C@@H](C(=O)O)N(C)CCc1ccc(CC(=O)OC(C)(C)C)cc1.CC(C)[C@@H](C(=O)OCc1ccccc1)N(C)CCc1ccc(CC(=O)OC(C)(C)C)cc1.CO. The number of aliphatic carboxylic acids is 1. The molecule has 0 saturated carbocycles. The number of rotatable bonds is 18. The lowest BCUT2D eigenvalue weighted by atomic mass is 10.0. The van der Waals surface area contributed by atoms with Gasteiger partial charge in [0, 0.05) is 20.2 Å². The van der Waals surface area contributed by atoms with Gasteiger partial charge in [0.1, 0.15) is 29.9 Å². The van der Waals surface area contributed by atoms with E-state index in [0.29, 0.717) is 6.54 Å². The second kappa shape index (κ2) is 25.8. The van der Waals surface area contributed by atoms with Crippen LogP contribution in [0.4, 0.5) is 0 Å². The minimum Gasteiger partial charge on any atom is -0.480 e. The average molecular weight is 821 g/mol. The zero-order chi connectivity index (χ0) is 44.9. The molecule has 0 aliphatic carbocycles. The molecule has 0 amide bonds. The van der Waals surface area contributed by atoms with Crippen molar-refractivity contribution in [1.29, 1.82) is 0 Å². The molecule has 0 spiro atoms. The number of aliphatic hydroxyl groups is 1. The molecule has 59 heavy (non-hydrogen) atoms. The summed E-state index contributed by atoms with van der Waals surface area (Å²) >= 11 is 0. The Kier molecular flexibility index (Phi) is 22.9. The molecule has 328 valence electrons. The van der Waals surface area contributed by atoms with Crippen LogP contribution in [0.3, 0.4) is 0 Å². The molecule has 3 rings (SSSR count). The highest BCUT2D eigenvalue weighted by Gasteiger charge is 2.28. The van der Waals surface area contributed by atoms with Crippen LogP contribution >= 0.6 is 0 Å². The molecule has 0 unspecified atom stereocenters. The van der Waals surface area contributed by atoms with Crippen molar-refractivity contribution in [3.05, 3.63) is 107 Å². The van der Waals surface area contributed by atoms with Crippen molar-refractivity contribution in [2.45, 2.75) is 125 Å². The van der Waals surface area contributed by atoms with E-state index < -0.39 is 23.2 Å². The minimum absolute atomic E-state index is 0.0544. The second-order valence-electron chi connectivity index (χ2n) is 17.4. The topological polar surface area (TPSA) is 143 Å². The van der Waals surface area contributed by atoms with Gasteiger partial charge in [0.05, 0.1) is 12.8 Å². The lowest BCUT2D eigenvalue weighted by Gasteiger charge is -2.29. The number of ether oxygens (including phenoxy) is 3. The summed E-state index contributed by atoms with van der Waals surface area (Å²) in [6, 6.07) is 24.8. The fourth-order valence-corrected chi connectivity index (χ4v) is 6.38. The fourth-order valence-electron chi connectivity index (χ4n) is 6.38. The molecule has 11 nitrogen and oxygen atoms in total. The molecule has 2 N–H and O–H groups in total. The summed E-state index contributed by atoms with van der Waals surface area (Å²) in [6.07, 6.45) is 2.09. The summed E-state index contributed by atoms with van der Waals surface area (Å²) in [5, 5.41) is 16.3. The maximum absolute atomic E-state index is 12.7. The second-order valence-corrected chi connectivity index (χ2v) is 17.4. The first-order chi connectivity index (χ1) is 27.5. The third kappa shape index (κ3) is 21.8. The van der Waals surface area contributed by atoms with Gasteiger partial charge in [-0.25, -0.2) is 0 Å². The van der Waals surface area contributed by atoms with Gasteiger partial charge in [-0.1, -0.05) is 107 Å². The van der Waals surface area contributed by atoms with E-state index in [2.05, 4.69) is 4.90 Å². The van der Waals surface area contributed by atoms with E-state index >= 15 is 0 Å². The molecule has 0 radical (unpaired) electrons. The number of carbonyl (C=O) groups excluding carboxylic acids is 3. The zero-order valence-electron chi connectivity index (χ0n) is 37.9. The molecule has 0 fully saturated rings. The van der Waals surface area contributed by atoms with Crippen molar-refractivity contribution < 1.29 is 43.6 Å². The number of carboxylic acids is 1. The van der Waals surface area contributed by atoms with Crippen LogP contribution in [-0.4, -0.2) is 101 Å². The molecule has 2 atom stereocenters. The highest BCUT2D eigenvalue weighted by Crippen LogP contribution is 2.17. The first kappa shape index (κ1) is 52.4. The van der Waals surface area contributed by atoms with Crippen molar-refractivity contribution in [3.8, 4) is 0 Å². The molecule has 0 aliphatic heterocycles. The van der Waals surface area contributed by atoms with E-state index in [9.17, 15) is 24.3 Å². The van der Waals surface area contributed by atoms with Gasteiger partial charge in [-0.3, -0.25) is 29.0 Å². The molecular formula is C48H72N2O9. The Bertz CT molecular complexity index is 1680. The Morgan fingerprint density at radius 2 is 0.915 bits per heavy atom. The fraction of sp³-hybridized carbons (Fsp3) is 0.542. The summed E-state index contributed by atoms with van der Waals surface area (Å²) in [4.78, 5) is 51.9. The molecule has 0 aliphatic rings. The standard InChI is InChI=1S/C27H37NO4.C20H31NO4.CH4O/c1-20(2)25(26(30)31-19-23-10-8-7-9-11-23)28(6)17-16-21-12-14-22(15-13-21)18-24(29)32-27(3,4)5;1-14(2)18(19(23)24)21(6)12-11-15-7-9-16(10-8-15)13-17(22)25-20(3,4)5;1-2/h7-15,20,25H,16-19H2,1-6H3;7-10,14,18H,11-13H2,1-6H3,(H,23,24);2H,1H3/t25-;18-;/m00./s1. The number of hydrogen-bond donors (Lipinski definition) is 2. The summed E-state index contributed by atoms with van der Waals surface area (Å²) in [7, 11) is 4.81. The Hall–Kier alpha value is -4.58. The smallest absolute Gasteiger partial charge is 0.323 e.